The molecular formula is C22H24BrN3O2S. The number of amides is 2. The molecule has 2 aromatic carbocycles. The van der Waals surface area contributed by atoms with Crippen molar-refractivity contribution in [3.05, 3.63) is 70.3 Å². The molecule has 3 N–H and O–H groups in total. The van der Waals surface area contributed by atoms with Crippen molar-refractivity contribution in [3.8, 4) is 0 Å². The van der Waals surface area contributed by atoms with Crippen LogP contribution in [0.25, 0.3) is 10.9 Å². The van der Waals surface area contributed by atoms with E-state index < -0.39 is 6.04 Å². The zero-order chi connectivity index (χ0) is 20.6. The van der Waals surface area contributed by atoms with Crippen LogP contribution in [-0.2, 0) is 11.2 Å². The number of carbonyl (C=O) groups is 2. The highest BCUT2D eigenvalue weighted by atomic mass is 79.9. The van der Waals surface area contributed by atoms with Crippen LogP contribution in [-0.4, -0.2) is 41.4 Å². The van der Waals surface area contributed by atoms with Gasteiger partial charge in [0.15, 0.2) is 0 Å². The average Bonchev–Trinajstić information content (AvgIpc) is 3.14. The van der Waals surface area contributed by atoms with E-state index in [2.05, 4.69) is 37.6 Å². The molecule has 7 heteroatoms. The molecule has 152 valence electrons. The summed E-state index contributed by atoms with van der Waals surface area (Å²) in [6.07, 6.45) is 5.28. The predicted molar refractivity (Wildman–Crippen MR) is 123 cm³/mol. The first-order chi connectivity index (χ1) is 14.1. The van der Waals surface area contributed by atoms with E-state index in [1.807, 2.05) is 42.8 Å². The van der Waals surface area contributed by atoms with Crippen molar-refractivity contribution in [3.63, 3.8) is 0 Å². The van der Waals surface area contributed by atoms with Crippen LogP contribution < -0.4 is 10.6 Å². The molecule has 0 bridgehead atoms. The molecule has 3 rings (SSSR count). The summed E-state index contributed by atoms with van der Waals surface area (Å²) in [7, 11) is 0. The van der Waals surface area contributed by atoms with Gasteiger partial charge in [0.2, 0.25) is 5.91 Å². The molecule has 1 heterocycles. The van der Waals surface area contributed by atoms with Gasteiger partial charge in [0, 0.05) is 28.1 Å². The van der Waals surface area contributed by atoms with Gasteiger partial charge in [0.1, 0.15) is 6.04 Å². The second-order valence-corrected chi connectivity index (χ2v) is 8.53. The third-order valence-electron chi connectivity index (χ3n) is 4.72. The molecule has 0 saturated carbocycles. The van der Waals surface area contributed by atoms with Crippen LogP contribution in [0.4, 0.5) is 0 Å². The SMILES string of the molecule is CSCCC(NC(=O)c1ccccc1Br)C(=O)NCCc1c[nH]c2ccccc12. The number of benzene rings is 2. The van der Waals surface area contributed by atoms with Crippen LogP contribution in [0.3, 0.4) is 0 Å². The van der Waals surface area contributed by atoms with Crippen LogP contribution in [0, 0.1) is 0 Å². The third-order valence-corrected chi connectivity index (χ3v) is 6.05. The van der Waals surface area contributed by atoms with E-state index in [4.69, 9.17) is 0 Å². The van der Waals surface area contributed by atoms with Crippen molar-refractivity contribution in [1.29, 1.82) is 0 Å². The van der Waals surface area contributed by atoms with Gasteiger partial charge in [-0.25, -0.2) is 0 Å². The standard InChI is InChI=1S/C22H24BrN3O2S/c1-29-13-11-20(26-21(27)17-7-2-4-8-18(17)23)22(28)24-12-10-15-14-25-19-9-5-3-6-16(15)19/h2-9,14,20,25H,10-13H2,1H3,(H,24,28)(H,26,27). The molecule has 3 aromatic rings. The Hall–Kier alpha value is -2.25. The number of thioether (sulfide) groups is 1. The fraction of sp³-hybridized carbons (Fsp3) is 0.273. The molecule has 1 aromatic heterocycles. The largest absolute Gasteiger partial charge is 0.361 e. The van der Waals surface area contributed by atoms with Gasteiger partial charge in [-0.15, -0.1) is 0 Å². The summed E-state index contributed by atoms with van der Waals surface area (Å²) in [5.41, 5.74) is 2.78. The molecular weight excluding hydrogens is 450 g/mol. The van der Waals surface area contributed by atoms with Gasteiger partial charge in [-0.1, -0.05) is 30.3 Å². The van der Waals surface area contributed by atoms with Gasteiger partial charge in [-0.2, -0.15) is 11.8 Å². The van der Waals surface area contributed by atoms with E-state index >= 15 is 0 Å². The molecule has 0 aliphatic heterocycles. The Morgan fingerprint density at radius 3 is 2.69 bits per heavy atom. The maximum atomic E-state index is 12.7. The van der Waals surface area contributed by atoms with Crippen LogP contribution in [0.15, 0.2) is 59.2 Å². The molecule has 0 aliphatic carbocycles. The van der Waals surface area contributed by atoms with Gasteiger partial charge in [-0.3, -0.25) is 9.59 Å². The van der Waals surface area contributed by atoms with Crippen molar-refractivity contribution in [2.45, 2.75) is 18.9 Å². The molecule has 0 saturated heterocycles. The lowest BCUT2D eigenvalue weighted by atomic mass is 10.1. The zero-order valence-corrected chi connectivity index (χ0v) is 18.6. The van der Waals surface area contributed by atoms with Crippen molar-refractivity contribution >= 4 is 50.4 Å². The number of aromatic amines is 1. The van der Waals surface area contributed by atoms with E-state index in [1.54, 1.807) is 23.9 Å². The lowest BCUT2D eigenvalue weighted by Gasteiger charge is -2.18. The summed E-state index contributed by atoms with van der Waals surface area (Å²) in [6, 6.07) is 14.7. The fourth-order valence-electron chi connectivity index (χ4n) is 3.17. The molecule has 0 aliphatic rings. The maximum Gasteiger partial charge on any atom is 0.253 e. The molecule has 0 fully saturated rings. The summed E-state index contributed by atoms with van der Waals surface area (Å²) in [5.74, 6) is 0.381. The minimum Gasteiger partial charge on any atom is -0.361 e. The Morgan fingerprint density at radius 1 is 1.14 bits per heavy atom. The average molecular weight is 474 g/mol. The Labute approximate surface area is 183 Å². The number of fused-ring (bicyclic) bond motifs is 1. The van der Waals surface area contributed by atoms with E-state index in [0.29, 0.717) is 23.0 Å². The highest BCUT2D eigenvalue weighted by Gasteiger charge is 2.21. The quantitative estimate of drug-likeness (QED) is 0.437. The van der Waals surface area contributed by atoms with Crippen LogP contribution >= 0.6 is 27.7 Å². The van der Waals surface area contributed by atoms with E-state index in [1.165, 1.54) is 10.9 Å². The normalized spacial score (nSPS) is 11.9. The summed E-state index contributed by atoms with van der Waals surface area (Å²) >= 11 is 5.04. The Bertz CT molecular complexity index is 989. The van der Waals surface area contributed by atoms with Crippen LogP contribution in [0.5, 0.6) is 0 Å². The number of halogens is 1. The summed E-state index contributed by atoms with van der Waals surface area (Å²) in [6.45, 7) is 0.515. The second kappa shape index (κ2) is 10.5. The summed E-state index contributed by atoms with van der Waals surface area (Å²) in [5, 5.41) is 7.03. The molecule has 29 heavy (non-hydrogen) atoms. The number of aromatic nitrogens is 1. The predicted octanol–water partition coefficient (Wildman–Crippen LogP) is 4.14. The minimum atomic E-state index is -0.565. The van der Waals surface area contributed by atoms with Crippen molar-refractivity contribution in [1.82, 2.24) is 15.6 Å². The van der Waals surface area contributed by atoms with E-state index in [-0.39, 0.29) is 11.8 Å². The monoisotopic (exact) mass is 473 g/mol. The van der Waals surface area contributed by atoms with Crippen LogP contribution in [0.2, 0.25) is 0 Å². The molecule has 5 nitrogen and oxygen atoms in total. The van der Waals surface area contributed by atoms with Gasteiger partial charge < -0.3 is 15.6 Å². The molecule has 1 unspecified atom stereocenters. The number of carbonyl (C=O) groups excluding carboxylic acids is 2. The number of H-pyrrole nitrogens is 1. The number of hydrogen-bond donors (Lipinski definition) is 3. The van der Waals surface area contributed by atoms with Crippen molar-refractivity contribution in [2.75, 3.05) is 18.6 Å². The van der Waals surface area contributed by atoms with Crippen LogP contribution in [0.1, 0.15) is 22.3 Å². The highest BCUT2D eigenvalue weighted by molar-refractivity contribution is 9.10. The highest BCUT2D eigenvalue weighted by Crippen LogP contribution is 2.18. The third kappa shape index (κ3) is 5.64. The summed E-state index contributed by atoms with van der Waals surface area (Å²) < 4.78 is 0.709. The van der Waals surface area contributed by atoms with E-state index in [0.717, 1.165) is 17.7 Å². The first-order valence-electron chi connectivity index (χ1n) is 9.47. The zero-order valence-electron chi connectivity index (χ0n) is 16.2. The van der Waals surface area contributed by atoms with Gasteiger partial charge >= 0.3 is 0 Å². The minimum absolute atomic E-state index is 0.153. The van der Waals surface area contributed by atoms with E-state index in [9.17, 15) is 9.59 Å². The number of para-hydroxylation sites is 1. The topological polar surface area (TPSA) is 74.0 Å². The first-order valence-corrected chi connectivity index (χ1v) is 11.7. The molecule has 1 atom stereocenters. The number of hydrogen-bond acceptors (Lipinski definition) is 3. The lowest BCUT2D eigenvalue weighted by Crippen LogP contribution is -2.47. The lowest BCUT2D eigenvalue weighted by molar-refractivity contribution is -0.122. The smallest absolute Gasteiger partial charge is 0.253 e. The molecule has 0 spiro atoms. The van der Waals surface area contributed by atoms with Crippen molar-refractivity contribution < 1.29 is 9.59 Å². The molecule has 2 amide bonds. The Morgan fingerprint density at radius 2 is 1.90 bits per heavy atom. The van der Waals surface area contributed by atoms with Gasteiger partial charge in [0.25, 0.3) is 5.91 Å². The van der Waals surface area contributed by atoms with Gasteiger partial charge in [-0.05, 0) is 64.5 Å². The Balaban J connectivity index is 1.59. The number of rotatable bonds is 9. The fourth-order valence-corrected chi connectivity index (χ4v) is 4.10. The van der Waals surface area contributed by atoms with Crippen molar-refractivity contribution in [2.24, 2.45) is 0 Å². The van der Waals surface area contributed by atoms with Gasteiger partial charge in [0.05, 0.1) is 5.56 Å². The summed E-state index contributed by atoms with van der Waals surface area (Å²) in [4.78, 5) is 28.6. The first kappa shape index (κ1) is 21.5. The maximum absolute atomic E-state index is 12.7. The second-order valence-electron chi connectivity index (χ2n) is 6.69. The Kier molecular flexibility index (Phi) is 7.77. The number of nitrogens with one attached hydrogen (secondary N) is 3. The molecule has 0 radical (unpaired) electrons.